The van der Waals surface area contributed by atoms with E-state index >= 15 is 0 Å². The number of benzene rings is 2. The van der Waals surface area contributed by atoms with Gasteiger partial charge >= 0.3 is 0 Å². The van der Waals surface area contributed by atoms with Gasteiger partial charge in [0.15, 0.2) is 5.16 Å². The maximum Gasteiger partial charge on any atom is 0.266 e. The Morgan fingerprint density at radius 2 is 1.92 bits per heavy atom. The lowest BCUT2D eigenvalue weighted by molar-refractivity contribution is 0.814. The van der Waals surface area contributed by atoms with Gasteiger partial charge in [-0.15, -0.1) is 0 Å². The Kier molecular flexibility index (Phi) is 4.97. The Labute approximate surface area is 144 Å². The molecule has 2 aromatic carbocycles. The number of fused-ring (bicyclic) bond motifs is 1. The number of aromatic nitrogens is 2. The molecule has 0 radical (unpaired) electrons. The minimum Gasteiger partial charge on any atom is -0.268 e. The second-order valence-electron chi connectivity index (χ2n) is 5.41. The van der Waals surface area contributed by atoms with Crippen molar-refractivity contribution in [1.82, 2.24) is 9.55 Å². The highest BCUT2D eigenvalue weighted by Crippen LogP contribution is 2.22. The fraction of sp³-hybridized carbons (Fsp3) is 0.211. The van der Waals surface area contributed by atoms with Crippen molar-refractivity contribution in [1.29, 1.82) is 5.26 Å². The van der Waals surface area contributed by atoms with Crippen molar-refractivity contribution >= 4 is 22.7 Å². The Morgan fingerprint density at radius 3 is 2.62 bits per heavy atom. The van der Waals surface area contributed by atoms with Gasteiger partial charge in [-0.2, -0.15) is 5.26 Å². The van der Waals surface area contributed by atoms with E-state index in [-0.39, 0.29) is 5.56 Å². The normalized spacial score (nSPS) is 10.7. The standard InChI is InChI=1S/C19H17N3OS/c1-2-3-12-24-19-21-17-7-5-4-6-16(17)18(23)22(19)15-10-8-14(13-20)9-11-15/h4-11H,2-3,12H2,1H3. The van der Waals surface area contributed by atoms with Crippen LogP contribution in [-0.2, 0) is 0 Å². The van der Waals surface area contributed by atoms with E-state index < -0.39 is 0 Å². The topological polar surface area (TPSA) is 58.7 Å². The lowest BCUT2D eigenvalue weighted by Crippen LogP contribution is -2.21. The summed E-state index contributed by atoms with van der Waals surface area (Å²) in [6.45, 7) is 2.14. The van der Waals surface area contributed by atoms with Gasteiger partial charge in [0, 0.05) is 5.75 Å². The number of hydrogen-bond acceptors (Lipinski definition) is 4. The molecule has 4 nitrogen and oxygen atoms in total. The fourth-order valence-corrected chi connectivity index (χ4v) is 3.53. The molecule has 0 unspecified atom stereocenters. The summed E-state index contributed by atoms with van der Waals surface area (Å²) < 4.78 is 1.64. The molecule has 0 aliphatic rings. The molecule has 0 aliphatic carbocycles. The van der Waals surface area contributed by atoms with Gasteiger partial charge in [0.05, 0.1) is 28.2 Å². The molecule has 0 spiro atoms. The van der Waals surface area contributed by atoms with Gasteiger partial charge in [-0.3, -0.25) is 9.36 Å². The third kappa shape index (κ3) is 3.19. The van der Waals surface area contributed by atoms with Crippen LogP contribution in [0, 0.1) is 11.3 Å². The van der Waals surface area contributed by atoms with Crippen molar-refractivity contribution in [3.63, 3.8) is 0 Å². The van der Waals surface area contributed by atoms with E-state index in [1.165, 1.54) is 0 Å². The zero-order valence-corrected chi connectivity index (χ0v) is 14.2. The number of para-hydroxylation sites is 1. The van der Waals surface area contributed by atoms with Crippen LogP contribution in [-0.4, -0.2) is 15.3 Å². The molecule has 0 N–H and O–H groups in total. The van der Waals surface area contributed by atoms with Gasteiger partial charge in [0.2, 0.25) is 0 Å². The Hall–Kier alpha value is -2.58. The van der Waals surface area contributed by atoms with Gasteiger partial charge in [-0.1, -0.05) is 37.2 Å². The molecule has 0 aliphatic heterocycles. The first-order valence-electron chi connectivity index (χ1n) is 7.89. The number of hydrogen-bond donors (Lipinski definition) is 0. The SMILES string of the molecule is CCCCSc1nc2ccccc2c(=O)n1-c1ccc(C#N)cc1. The van der Waals surface area contributed by atoms with Crippen LogP contribution in [0.15, 0.2) is 58.5 Å². The molecule has 3 rings (SSSR count). The van der Waals surface area contributed by atoms with Gasteiger partial charge in [0.25, 0.3) is 5.56 Å². The Bertz CT molecular complexity index is 955. The van der Waals surface area contributed by atoms with Crippen LogP contribution in [0.3, 0.4) is 0 Å². The molecular weight excluding hydrogens is 318 g/mol. The molecule has 0 saturated heterocycles. The van der Waals surface area contributed by atoms with Crippen LogP contribution < -0.4 is 5.56 Å². The Balaban J connectivity index is 2.18. The van der Waals surface area contributed by atoms with Crippen LogP contribution >= 0.6 is 11.8 Å². The van der Waals surface area contributed by atoms with E-state index in [0.717, 1.165) is 24.3 Å². The van der Waals surface area contributed by atoms with E-state index in [9.17, 15) is 4.79 Å². The van der Waals surface area contributed by atoms with Crippen LogP contribution in [0.25, 0.3) is 16.6 Å². The zero-order valence-electron chi connectivity index (χ0n) is 13.4. The summed E-state index contributed by atoms with van der Waals surface area (Å²) >= 11 is 1.59. The molecule has 0 amide bonds. The van der Waals surface area contributed by atoms with E-state index in [4.69, 9.17) is 5.26 Å². The minimum atomic E-state index is -0.0793. The highest BCUT2D eigenvalue weighted by Gasteiger charge is 2.13. The monoisotopic (exact) mass is 335 g/mol. The predicted octanol–water partition coefficient (Wildman–Crippen LogP) is 4.15. The van der Waals surface area contributed by atoms with Gasteiger partial charge in [-0.25, -0.2) is 4.98 Å². The van der Waals surface area contributed by atoms with E-state index in [1.807, 2.05) is 18.2 Å². The highest BCUT2D eigenvalue weighted by molar-refractivity contribution is 7.99. The molecule has 0 saturated carbocycles. The van der Waals surface area contributed by atoms with Crippen molar-refractivity contribution < 1.29 is 0 Å². The first-order chi connectivity index (χ1) is 11.7. The summed E-state index contributed by atoms with van der Waals surface area (Å²) in [6, 6.07) is 16.5. The summed E-state index contributed by atoms with van der Waals surface area (Å²) in [5, 5.41) is 10.2. The second-order valence-corrected chi connectivity index (χ2v) is 6.47. The first-order valence-corrected chi connectivity index (χ1v) is 8.88. The van der Waals surface area contributed by atoms with Crippen molar-refractivity contribution in [2.75, 3.05) is 5.75 Å². The third-order valence-electron chi connectivity index (χ3n) is 3.73. The Morgan fingerprint density at radius 1 is 1.17 bits per heavy atom. The molecule has 0 atom stereocenters. The maximum absolute atomic E-state index is 13.0. The highest BCUT2D eigenvalue weighted by atomic mass is 32.2. The average Bonchev–Trinajstić information content (AvgIpc) is 2.62. The van der Waals surface area contributed by atoms with Gasteiger partial charge in [-0.05, 0) is 42.8 Å². The molecule has 1 heterocycles. The number of unbranched alkanes of at least 4 members (excludes halogenated alkanes) is 1. The minimum absolute atomic E-state index is 0.0793. The van der Waals surface area contributed by atoms with Crippen LogP contribution in [0.5, 0.6) is 0 Å². The molecule has 0 fully saturated rings. The third-order valence-corrected chi connectivity index (χ3v) is 4.75. The van der Waals surface area contributed by atoms with Crippen molar-refractivity contribution in [3.8, 4) is 11.8 Å². The average molecular weight is 335 g/mol. The van der Waals surface area contributed by atoms with E-state index in [2.05, 4.69) is 18.0 Å². The molecule has 3 aromatic rings. The molecule has 24 heavy (non-hydrogen) atoms. The van der Waals surface area contributed by atoms with E-state index in [1.54, 1.807) is 46.7 Å². The van der Waals surface area contributed by atoms with Gasteiger partial charge in [0.1, 0.15) is 0 Å². The molecular formula is C19H17N3OS. The quantitative estimate of drug-likeness (QED) is 0.399. The summed E-state index contributed by atoms with van der Waals surface area (Å²) in [7, 11) is 0. The number of nitriles is 1. The first kappa shape index (κ1) is 16.3. The number of thioether (sulfide) groups is 1. The zero-order chi connectivity index (χ0) is 16.9. The van der Waals surface area contributed by atoms with Crippen molar-refractivity contribution in [3.05, 3.63) is 64.4 Å². The molecule has 0 bridgehead atoms. The largest absolute Gasteiger partial charge is 0.268 e. The summed E-state index contributed by atoms with van der Waals surface area (Å²) in [5.74, 6) is 0.914. The van der Waals surface area contributed by atoms with Crippen LogP contribution in [0.1, 0.15) is 25.3 Å². The summed E-state index contributed by atoms with van der Waals surface area (Å²) in [6.07, 6.45) is 2.17. The van der Waals surface area contributed by atoms with Crippen molar-refractivity contribution in [2.45, 2.75) is 24.9 Å². The van der Waals surface area contributed by atoms with Crippen LogP contribution in [0.4, 0.5) is 0 Å². The second kappa shape index (κ2) is 7.33. The number of nitrogens with zero attached hydrogens (tertiary/aromatic N) is 3. The lowest BCUT2D eigenvalue weighted by atomic mass is 10.2. The maximum atomic E-state index is 13.0. The molecule has 120 valence electrons. The van der Waals surface area contributed by atoms with Gasteiger partial charge < -0.3 is 0 Å². The lowest BCUT2D eigenvalue weighted by Gasteiger charge is -2.13. The number of rotatable bonds is 5. The molecule has 5 heteroatoms. The van der Waals surface area contributed by atoms with E-state index in [0.29, 0.717) is 21.6 Å². The van der Waals surface area contributed by atoms with Crippen LogP contribution in [0.2, 0.25) is 0 Å². The summed E-state index contributed by atoms with van der Waals surface area (Å²) in [4.78, 5) is 17.7. The van der Waals surface area contributed by atoms with Crippen molar-refractivity contribution in [2.24, 2.45) is 0 Å². The summed E-state index contributed by atoms with van der Waals surface area (Å²) in [5.41, 5.74) is 1.94. The predicted molar refractivity (Wildman–Crippen MR) is 97.7 cm³/mol. The fourth-order valence-electron chi connectivity index (χ4n) is 2.43. The molecule has 1 aromatic heterocycles. The smallest absolute Gasteiger partial charge is 0.266 e.